The molecule has 0 spiro atoms. The highest BCUT2D eigenvalue weighted by Gasteiger charge is 2.34. The first-order valence-corrected chi connectivity index (χ1v) is 6.30. The number of rotatable bonds is 1. The second-order valence-electron chi connectivity index (χ2n) is 4.69. The van der Waals surface area contributed by atoms with Gasteiger partial charge in [-0.05, 0) is 29.7 Å². The number of carbonyl (C=O) groups excluding carboxylic acids is 1. The molecule has 0 saturated heterocycles. The summed E-state index contributed by atoms with van der Waals surface area (Å²) >= 11 is 3.44. The van der Waals surface area contributed by atoms with Crippen LogP contribution in [0.2, 0.25) is 0 Å². The van der Waals surface area contributed by atoms with E-state index in [1.54, 1.807) is 6.08 Å². The first-order chi connectivity index (χ1) is 7.52. The molecular formula is C14H15BrO. The molecule has 2 unspecified atom stereocenters. The van der Waals surface area contributed by atoms with Crippen LogP contribution in [0.5, 0.6) is 0 Å². The van der Waals surface area contributed by atoms with E-state index in [0.29, 0.717) is 12.3 Å². The van der Waals surface area contributed by atoms with Crippen molar-refractivity contribution in [3.8, 4) is 0 Å². The quantitative estimate of drug-likeness (QED) is 0.762. The molecule has 0 bridgehead atoms. The number of carbonyl (C=O) groups is 1. The van der Waals surface area contributed by atoms with Crippen LogP contribution < -0.4 is 0 Å². The number of hydrogen-bond donors (Lipinski definition) is 0. The van der Waals surface area contributed by atoms with Crippen molar-refractivity contribution in [1.29, 1.82) is 0 Å². The van der Waals surface area contributed by atoms with Crippen molar-refractivity contribution in [3.05, 3.63) is 46.5 Å². The van der Waals surface area contributed by atoms with Gasteiger partial charge >= 0.3 is 0 Å². The maximum Gasteiger partial charge on any atom is 0.155 e. The lowest BCUT2D eigenvalue weighted by Crippen LogP contribution is -2.32. The van der Waals surface area contributed by atoms with Crippen LogP contribution in [0, 0.1) is 5.92 Å². The van der Waals surface area contributed by atoms with Gasteiger partial charge in [-0.3, -0.25) is 4.79 Å². The average Bonchev–Trinajstić information content (AvgIpc) is 2.25. The van der Waals surface area contributed by atoms with E-state index >= 15 is 0 Å². The van der Waals surface area contributed by atoms with Gasteiger partial charge < -0.3 is 0 Å². The summed E-state index contributed by atoms with van der Waals surface area (Å²) in [6, 6.07) is 8.36. The summed E-state index contributed by atoms with van der Waals surface area (Å²) in [6.07, 6.45) is 4.41. The van der Waals surface area contributed by atoms with Crippen LogP contribution in [0.25, 0.3) is 0 Å². The molecule has 0 aliphatic heterocycles. The third kappa shape index (κ3) is 1.99. The zero-order chi connectivity index (χ0) is 11.8. The van der Waals surface area contributed by atoms with Gasteiger partial charge in [0, 0.05) is 16.3 Å². The van der Waals surface area contributed by atoms with E-state index in [4.69, 9.17) is 0 Å². The Morgan fingerprint density at radius 1 is 1.31 bits per heavy atom. The van der Waals surface area contributed by atoms with E-state index in [2.05, 4.69) is 54.0 Å². The molecule has 0 amide bonds. The van der Waals surface area contributed by atoms with E-state index in [9.17, 15) is 4.79 Å². The van der Waals surface area contributed by atoms with E-state index in [1.165, 1.54) is 5.56 Å². The molecule has 0 saturated carbocycles. The molecule has 1 nitrogen and oxygen atoms in total. The second kappa shape index (κ2) is 4.17. The predicted molar refractivity (Wildman–Crippen MR) is 69.4 cm³/mol. The number of halogens is 1. The summed E-state index contributed by atoms with van der Waals surface area (Å²) in [5.74, 6) is 0.591. The summed E-state index contributed by atoms with van der Waals surface area (Å²) in [6.45, 7) is 4.34. The first-order valence-electron chi connectivity index (χ1n) is 5.50. The maximum absolute atomic E-state index is 11.4. The van der Waals surface area contributed by atoms with Crippen LogP contribution in [-0.2, 0) is 10.2 Å². The lowest BCUT2D eigenvalue weighted by atomic mass is 9.68. The highest BCUT2D eigenvalue weighted by Crippen LogP contribution is 2.38. The van der Waals surface area contributed by atoms with Gasteiger partial charge in [0.15, 0.2) is 5.78 Å². The predicted octanol–water partition coefficient (Wildman–Crippen LogP) is 3.87. The normalized spacial score (nSPS) is 29.4. The zero-order valence-corrected chi connectivity index (χ0v) is 11.1. The Morgan fingerprint density at radius 2 is 1.94 bits per heavy atom. The molecule has 2 atom stereocenters. The van der Waals surface area contributed by atoms with Crippen molar-refractivity contribution in [2.24, 2.45) is 5.92 Å². The highest BCUT2D eigenvalue weighted by molar-refractivity contribution is 9.10. The standard InChI is InChI=1S/C14H15BrO/c1-10-9-13(16)7-8-14(10,2)11-3-5-12(15)6-4-11/h3-8,10H,9H2,1-2H3. The number of hydrogen-bond acceptors (Lipinski definition) is 1. The van der Waals surface area contributed by atoms with Crippen molar-refractivity contribution < 1.29 is 4.79 Å². The molecule has 0 aromatic heterocycles. The minimum Gasteiger partial charge on any atom is -0.295 e. The largest absolute Gasteiger partial charge is 0.295 e. The SMILES string of the molecule is CC1CC(=O)C=CC1(C)c1ccc(Br)cc1. The van der Waals surface area contributed by atoms with Crippen LogP contribution in [0.15, 0.2) is 40.9 Å². The fraction of sp³-hybridized carbons (Fsp3) is 0.357. The molecule has 84 valence electrons. The topological polar surface area (TPSA) is 17.1 Å². The third-order valence-electron chi connectivity index (χ3n) is 3.61. The Morgan fingerprint density at radius 3 is 2.50 bits per heavy atom. The second-order valence-corrected chi connectivity index (χ2v) is 5.61. The fourth-order valence-electron chi connectivity index (χ4n) is 2.20. The van der Waals surface area contributed by atoms with Crippen LogP contribution in [0.4, 0.5) is 0 Å². The van der Waals surface area contributed by atoms with Gasteiger partial charge in [0.25, 0.3) is 0 Å². The molecule has 1 aliphatic carbocycles. The van der Waals surface area contributed by atoms with Crippen molar-refractivity contribution in [2.75, 3.05) is 0 Å². The molecule has 0 heterocycles. The first kappa shape index (κ1) is 11.6. The smallest absolute Gasteiger partial charge is 0.155 e. The molecule has 0 N–H and O–H groups in total. The Kier molecular flexibility index (Phi) is 3.02. The van der Waals surface area contributed by atoms with Crippen molar-refractivity contribution in [1.82, 2.24) is 0 Å². The van der Waals surface area contributed by atoms with Gasteiger partial charge in [0.2, 0.25) is 0 Å². The summed E-state index contributed by atoms with van der Waals surface area (Å²) in [4.78, 5) is 11.4. The zero-order valence-electron chi connectivity index (χ0n) is 9.53. The summed E-state index contributed by atoms with van der Waals surface area (Å²) in [7, 11) is 0. The van der Waals surface area contributed by atoms with Gasteiger partial charge in [-0.25, -0.2) is 0 Å². The van der Waals surface area contributed by atoms with Gasteiger partial charge in [0.05, 0.1) is 0 Å². The number of benzene rings is 1. The molecule has 1 aliphatic rings. The maximum atomic E-state index is 11.4. The van der Waals surface area contributed by atoms with E-state index in [-0.39, 0.29) is 11.2 Å². The Balaban J connectivity index is 2.41. The lowest BCUT2D eigenvalue weighted by Gasteiger charge is -2.35. The summed E-state index contributed by atoms with van der Waals surface area (Å²) in [5, 5.41) is 0. The summed E-state index contributed by atoms with van der Waals surface area (Å²) in [5.41, 5.74) is 1.25. The van der Waals surface area contributed by atoms with Gasteiger partial charge in [-0.2, -0.15) is 0 Å². The monoisotopic (exact) mass is 278 g/mol. The van der Waals surface area contributed by atoms with Crippen molar-refractivity contribution >= 4 is 21.7 Å². The van der Waals surface area contributed by atoms with Crippen LogP contribution in [0.3, 0.4) is 0 Å². The fourth-order valence-corrected chi connectivity index (χ4v) is 2.47. The minimum absolute atomic E-state index is 0.0192. The number of ketones is 1. The minimum atomic E-state index is -0.0192. The Hall–Kier alpha value is -0.890. The van der Waals surface area contributed by atoms with Gasteiger partial charge in [-0.1, -0.05) is 48.0 Å². The van der Waals surface area contributed by atoms with E-state index in [0.717, 1.165) is 4.47 Å². The number of allylic oxidation sites excluding steroid dienone is 2. The van der Waals surface area contributed by atoms with Crippen LogP contribution >= 0.6 is 15.9 Å². The molecule has 0 fully saturated rings. The van der Waals surface area contributed by atoms with Crippen LogP contribution in [0.1, 0.15) is 25.8 Å². The molecule has 1 aromatic carbocycles. The lowest BCUT2D eigenvalue weighted by molar-refractivity contribution is -0.116. The van der Waals surface area contributed by atoms with E-state index < -0.39 is 0 Å². The molecule has 2 heteroatoms. The average molecular weight is 279 g/mol. The molecule has 16 heavy (non-hydrogen) atoms. The molecule has 2 rings (SSSR count). The van der Waals surface area contributed by atoms with Crippen LogP contribution in [-0.4, -0.2) is 5.78 Å². The Bertz CT molecular complexity index is 433. The van der Waals surface area contributed by atoms with Gasteiger partial charge in [0.1, 0.15) is 0 Å². The van der Waals surface area contributed by atoms with Crippen molar-refractivity contribution in [2.45, 2.75) is 25.7 Å². The highest BCUT2D eigenvalue weighted by atomic mass is 79.9. The third-order valence-corrected chi connectivity index (χ3v) is 4.14. The molecule has 1 aromatic rings. The van der Waals surface area contributed by atoms with E-state index in [1.807, 2.05) is 6.08 Å². The molecule has 0 radical (unpaired) electrons. The van der Waals surface area contributed by atoms with Crippen molar-refractivity contribution in [3.63, 3.8) is 0 Å². The Labute approximate surface area is 105 Å². The van der Waals surface area contributed by atoms with Gasteiger partial charge in [-0.15, -0.1) is 0 Å². The summed E-state index contributed by atoms with van der Waals surface area (Å²) < 4.78 is 1.09. The molecular weight excluding hydrogens is 264 g/mol.